The van der Waals surface area contributed by atoms with E-state index < -0.39 is 0 Å². The average molecular weight is 156 g/mol. The quantitative estimate of drug-likeness (QED) is 0.549. The van der Waals surface area contributed by atoms with Crippen molar-refractivity contribution in [2.24, 2.45) is 0 Å². The minimum atomic E-state index is 0.124. The first-order valence-electron chi connectivity index (χ1n) is 3.96. The molecule has 0 unspecified atom stereocenters. The van der Waals surface area contributed by atoms with E-state index in [0.29, 0.717) is 13.0 Å². The first-order chi connectivity index (χ1) is 5.20. The molecule has 0 rings (SSSR count). The summed E-state index contributed by atoms with van der Waals surface area (Å²) < 4.78 is 4.95. The number of carbonyl (C=O) groups excluding carboxylic acids is 1. The van der Waals surface area contributed by atoms with E-state index >= 15 is 0 Å². The Morgan fingerprint density at radius 1 is 1.45 bits per heavy atom. The number of carbonyl (C=O) groups is 1. The van der Waals surface area contributed by atoms with Gasteiger partial charge in [0.1, 0.15) is 6.61 Å². The molecule has 0 bridgehead atoms. The van der Waals surface area contributed by atoms with Gasteiger partial charge in [0.2, 0.25) is 0 Å². The predicted octanol–water partition coefficient (Wildman–Crippen LogP) is 1.95. The molecule has 0 saturated carbocycles. The molecule has 0 saturated heterocycles. The maximum absolute atomic E-state index is 11.0. The molecule has 2 nitrogen and oxygen atoms in total. The van der Waals surface area contributed by atoms with Gasteiger partial charge >= 0.3 is 0 Å². The Balaban J connectivity index is 3.44. The third-order valence-electron chi connectivity index (χ3n) is 1.41. The van der Waals surface area contributed by atoms with Crippen molar-refractivity contribution >= 4 is 5.78 Å². The zero-order valence-electron chi connectivity index (χ0n) is 7.35. The number of ketones is 1. The summed E-state index contributed by atoms with van der Waals surface area (Å²) in [7, 11) is 0. The van der Waals surface area contributed by atoms with Crippen LogP contribution in [0.2, 0.25) is 0 Å². The van der Waals surface area contributed by atoms with Crippen LogP contribution in [0.25, 0.3) is 0 Å². The van der Waals surface area contributed by atoms with E-state index in [2.05, 4.69) is 6.58 Å². The van der Waals surface area contributed by atoms with Gasteiger partial charge in [-0.3, -0.25) is 4.79 Å². The SMILES string of the molecule is C=C(CC)CC(=O)COCC. The molecule has 0 fully saturated rings. The normalized spacial score (nSPS) is 9.64. The van der Waals surface area contributed by atoms with Crippen LogP contribution in [0, 0.1) is 0 Å². The van der Waals surface area contributed by atoms with Gasteiger partial charge in [-0.2, -0.15) is 0 Å². The molecular weight excluding hydrogens is 140 g/mol. The lowest BCUT2D eigenvalue weighted by atomic mass is 10.1. The Labute approximate surface area is 68.2 Å². The number of hydrogen-bond donors (Lipinski definition) is 0. The molecule has 0 amide bonds. The van der Waals surface area contributed by atoms with Crippen molar-refractivity contribution in [1.29, 1.82) is 0 Å². The van der Waals surface area contributed by atoms with Gasteiger partial charge < -0.3 is 4.74 Å². The van der Waals surface area contributed by atoms with Crippen molar-refractivity contribution in [2.75, 3.05) is 13.2 Å². The molecule has 11 heavy (non-hydrogen) atoms. The Kier molecular flexibility index (Phi) is 5.75. The minimum Gasteiger partial charge on any atom is -0.374 e. The molecule has 0 aromatic carbocycles. The minimum absolute atomic E-state index is 0.124. The molecule has 0 aliphatic rings. The van der Waals surface area contributed by atoms with Crippen LogP contribution in [0.4, 0.5) is 0 Å². The van der Waals surface area contributed by atoms with Crippen LogP contribution >= 0.6 is 0 Å². The van der Waals surface area contributed by atoms with Gasteiger partial charge in [-0.25, -0.2) is 0 Å². The number of ether oxygens (including phenoxy) is 1. The van der Waals surface area contributed by atoms with E-state index in [9.17, 15) is 4.79 Å². The average Bonchev–Trinajstić information content (AvgIpc) is 2.00. The van der Waals surface area contributed by atoms with Gasteiger partial charge in [0.15, 0.2) is 5.78 Å². The smallest absolute Gasteiger partial charge is 0.162 e. The van der Waals surface area contributed by atoms with E-state index in [4.69, 9.17) is 4.74 Å². The number of hydrogen-bond acceptors (Lipinski definition) is 2. The highest BCUT2D eigenvalue weighted by Crippen LogP contribution is 2.02. The third kappa shape index (κ3) is 5.80. The fourth-order valence-corrected chi connectivity index (χ4v) is 0.671. The molecule has 0 radical (unpaired) electrons. The lowest BCUT2D eigenvalue weighted by Gasteiger charge is -2.01. The highest BCUT2D eigenvalue weighted by molar-refractivity contribution is 5.81. The topological polar surface area (TPSA) is 26.3 Å². The summed E-state index contributed by atoms with van der Waals surface area (Å²) in [5.41, 5.74) is 0.981. The van der Waals surface area contributed by atoms with E-state index in [1.165, 1.54) is 0 Å². The van der Waals surface area contributed by atoms with Gasteiger partial charge in [0, 0.05) is 13.0 Å². The first-order valence-corrected chi connectivity index (χ1v) is 3.96. The zero-order chi connectivity index (χ0) is 8.69. The standard InChI is InChI=1S/C9H16O2/c1-4-8(3)6-9(10)7-11-5-2/h3-7H2,1-2H3. The van der Waals surface area contributed by atoms with Crippen molar-refractivity contribution in [1.82, 2.24) is 0 Å². The second-order valence-corrected chi connectivity index (χ2v) is 2.46. The van der Waals surface area contributed by atoms with Crippen molar-refractivity contribution in [3.63, 3.8) is 0 Å². The van der Waals surface area contributed by atoms with E-state index in [1.54, 1.807) is 0 Å². The van der Waals surface area contributed by atoms with Gasteiger partial charge in [-0.1, -0.05) is 19.1 Å². The largest absolute Gasteiger partial charge is 0.374 e. The van der Waals surface area contributed by atoms with Crippen LogP contribution < -0.4 is 0 Å². The monoisotopic (exact) mass is 156 g/mol. The van der Waals surface area contributed by atoms with Crippen LogP contribution in [-0.4, -0.2) is 19.0 Å². The van der Waals surface area contributed by atoms with Gasteiger partial charge in [-0.05, 0) is 13.3 Å². The number of allylic oxidation sites excluding steroid dienone is 1. The Morgan fingerprint density at radius 3 is 2.55 bits per heavy atom. The lowest BCUT2D eigenvalue weighted by molar-refractivity contribution is -0.122. The van der Waals surface area contributed by atoms with E-state index in [-0.39, 0.29) is 12.4 Å². The molecule has 0 aromatic heterocycles. The molecule has 0 aromatic rings. The Morgan fingerprint density at radius 2 is 2.09 bits per heavy atom. The molecule has 0 spiro atoms. The fraction of sp³-hybridized carbons (Fsp3) is 0.667. The van der Waals surface area contributed by atoms with Crippen LogP contribution in [0.1, 0.15) is 26.7 Å². The Bertz CT molecular complexity index is 138. The first kappa shape index (κ1) is 10.4. The summed E-state index contributed by atoms with van der Waals surface area (Å²) in [4.78, 5) is 11.0. The molecule has 64 valence electrons. The third-order valence-corrected chi connectivity index (χ3v) is 1.41. The summed E-state index contributed by atoms with van der Waals surface area (Å²) in [6.45, 7) is 8.45. The molecule has 0 aliphatic carbocycles. The van der Waals surface area contributed by atoms with Gasteiger partial charge in [-0.15, -0.1) is 0 Å². The molecule has 0 N–H and O–H groups in total. The summed E-state index contributed by atoms with van der Waals surface area (Å²) in [6.07, 6.45) is 1.34. The van der Waals surface area contributed by atoms with Crippen molar-refractivity contribution in [2.45, 2.75) is 26.7 Å². The summed E-state index contributed by atoms with van der Waals surface area (Å²) in [5.74, 6) is 0.124. The second kappa shape index (κ2) is 6.10. The summed E-state index contributed by atoms with van der Waals surface area (Å²) in [5, 5.41) is 0. The molecular formula is C9H16O2. The molecule has 2 heteroatoms. The highest BCUT2D eigenvalue weighted by Gasteiger charge is 2.01. The van der Waals surface area contributed by atoms with Crippen molar-refractivity contribution in [3.8, 4) is 0 Å². The number of Topliss-reactive ketones (excluding diaryl/α,β-unsaturated/α-hetero) is 1. The summed E-state index contributed by atoms with van der Waals surface area (Å²) >= 11 is 0. The maximum atomic E-state index is 11.0. The molecule has 0 aliphatic heterocycles. The zero-order valence-corrected chi connectivity index (χ0v) is 7.35. The summed E-state index contributed by atoms with van der Waals surface area (Å²) in [6, 6.07) is 0. The second-order valence-electron chi connectivity index (χ2n) is 2.46. The van der Waals surface area contributed by atoms with E-state index in [1.807, 2.05) is 13.8 Å². The van der Waals surface area contributed by atoms with Crippen LogP contribution in [0.15, 0.2) is 12.2 Å². The molecule has 0 heterocycles. The van der Waals surface area contributed by atoms with Gasteiger partial charge in [0.25, 0.3) is 0 Å². The highest BCUT2D eigenvalue weighted by atomic mass is 16.5. The molecule has 0 atom stereocenters. The Hall–Kier alpha value is -0.630. The van der Waals surface area contributed by atoms with Gasteiger partial charge in [0.05, 0.1) is 0 Å². The fourth-order valence-electron chi connectivity index (χ4n) is 0.671. The van der Waals surface area contributed by atoms with Crippen molar-refractivity contribution < 1.29 is 9.53 Å². The van der Waals surface area contributed by atoms with Crippen LogP contribution in [-0.2, 0) is 9.53 Å². The van der Waals surface area contributed by atoms with Crippen LogP contribution in [0.5, 0.6) is 0 Å². The number of rotatable bonds is 6. The van der Waals surface area contributed by atoms with Crippen LogP contribution in [0.3, 0.4) is 0 Å². The maximum Gasteiger partial charge on any atom is 0.162 e. The van der Waals surface area contributed by atoms with E-state index in [0.717, 1.165) is 12.0 Å². The van der Waals surface area contributed by atoms with Crippen molar-refractivity contribution in [3.05, 3.63) is 12.2 Å². The lowest BCUT2D eigenvalue weighted by Crippen LogP contribution is -2.08. The predicted molar refractivity (Wildman–Crippen MR) is 45.5 cm³/mol.